The average Bonchev–Trinajstić information content (AvgIpc) is 2.66. The molecule has 0 atom stereocenters. The van der Waals surface area contributed by atoms with Crippen LogP contribution in [0.4, 0.5) is 37.7 Å². The Hall–Kier alpha value is -3.81. The van der Waals surface area contributed by atoms with Gasteiger partial charge in [0.1, 0.15) is 0 Å². The molecular weight excluding hydrogens is 482 g/mol. The van der Waals surface area contributed by atoms with Gasteiger partial charge in [-0.3, -0.25) is 14.9 Å². The third-order valence-corrected chi connectivity index (χ3v) is 4.97. The van der Waals surface area contributed by atoms with Gasteiger partial charge in [0.05, 0.1) is 22.5 Å². The number of fused-ring (bicyclic) bond motifs is 1. The molecule has 3 rings (SSSR count). The summed E-state index contributed by atoms with van der Waals surface area (Å²) in [6.07, 6.45) is -10.4. The van der Waals surface area contributed by atoms with Gasteiger partial charge in [-0.2, -0.15) is 13.2 Å². The van der Waals surface area contributed by atoms with Crippen molar-refractivity contribution in [2.45, 2.75) is 12.7 Å². The van der Waals surface area contributed by atoms with Crippen LogP contribution >= 0.6 is 11.3 Å². The lowest BCUT2D eigenvalue weighted by Gasteiger charge is -2.17. The quantitative estimate of drug-likeness (QED) is 0.341. The fourth-order valence-electron chi connectivity index (χ4n) is 2.73. The highest BCUT2D eigenvalue weighted by Gasteiger charge is 2.35. The number of hydrogen-bond acceptors (Lipinski definition) is 6. The van der Waals surface area contributed by atoms with Crippen molar-refractivity contribution in [1.82, 2.24) is 0 Å². The van der Waals surface area contributed by atoms with Crippen LogP contribution in [-0.4, -0.2) is 29.6 Å². The zero-order valence-electron chi connectivity index (χ0n) is 15.8. The molecule has 0 radical (unpaired) electrons. The molecule has 0 bridgehead atoms. The molecule has 174 valence electrons. The number of hydrogen-bond donors (Lipinski definition) is 3. The molecule has 0 spiro atoms. The van der Waals surface area contributed by atoms with Crippen molar-refractivity contribution in [1.29, 1.82) is 0 Å². The minimum absolute atomic E-state index is 0.146. The highest BCUT2D eigenvalue weighted by molar-refractivity contribution is 7.16. The summed E-state index contributed by atoms with van der Waals surface area (Å²) >= 11 is 0.295. The summed E-state index contributed by atoms with van der Waals surface area (Å²) in [4.78, 5) is 36.2. The maximum atomic E-state index is 12.8. The van der Waals surface area contributed by atoms with Crippen molar-refractivity contribution in [3.8, 4) is 5.75 Å². The van der Waals surface area contributed by atoms with E-state index < -0.39 is 46.3 Å². The molecule has 2 aromatic carbocycles. The number of halogens is 6. The molecule has 3 aromatic rings. The number of ether oxygens (including phenoxy) is 1. The van der Waals surface area contributed by atoms with Crippen molar-refractivity contribution >= 4 is 44.7 Å². The molecule has 0 fully saturated rings. The van der Waals surface area contributed by atoms with E-state index in [9.17, 15) is 45.8 Å². The number of aromatic carboxylic acids is 1. The fraction of sp³-hybridized carbons (Fsp3) is 0.105. The second kappa shape index (κ2) is 8.61. The first-order valence-corrected chi connectivity index (χ1v) is 9.41. The first kappa shape index (κ1) is 23.8. The summed E-state index contributed by atoms with van der Waals surface area (Å²) < 4.78 is 78.7. The Balaban J connectivity index is 2.07. The lowest BCUT2D eigenvalue weighted by atomic mass is 10.1. The van der Waals surface area contributed by atoms with E-state index >= 15 is 0 Å². The Labute approximate surface area is 183 Å². The Morgan fingerprint density at radius 2 is 1.61 bits per heavy atom. The summed E-state index contributed by atoms with van der Waals surface area (Å²) in [7, 11) is 0. The molecule has 0 aliphatic carbocycles. The smallest absolute Gasteiger partial charge is 0.478 e. The predicted octanol–water partition coefficient (Wildman–Crippen LogP) is 5.04. The maximum Gasteiger partial charge on any atom is 0.573 e. The molecule has 1 amide bonds. The van der Waals surface area contributed by atoms with Crippen molar-refractivity contribution in [2.24, 2.45) is 0 Å². The van der Waals surface area contributed by atoms with Crippen molar-refractivity contribution < 1.29 is 45.8 Å². The summed E-state index contributed by atoms with van der Waals surface area (Å²) in [6, 6.07) is 7.36. The molecular formula is C19H10F6N2O5S. The van der Waals surface area contributed by atoms with E-state index in [0.29, 0.717) is 23.5 Å². The van der Waals surface area contributed by atoms with Gasteiger partial charge in [0.15, 0.2) is 5.75 Å². The number of para-hydroxylation sites is 1. The number of carboxylic acid groups (broad SMARTS) is 1. The second-order valence-electron chi connectivity index (χ2n) is 6.31. The van der Waals surface area contributed by atoms with E-state index in [-0.39, 0.29) is 21.3 Å². The molecule has 1 heterocycles. The topological polar surface area (TPSA) is 105 Å². The normalized spacial score (nSPS) is 11.8. The van der Waals surface area contributed by atoms with Gasteiger partial charge >= 0.3 is 18.6 Å². The number of nitrogens with one attached hydrogen (secondary N) is 2. The zero-order chi connectivity index (χ0) is 24.6. The minimum atomic E-state index is -5.31. The molecule has 0 aliphatic rings. The molecule has 33 heavy (non-hydrogen) atoms. The SMILES string of the molecule is O=C(O)c1ccccc1NC(=O)c1cc2cc(NC(F)(F)F)c(OC(F)(F)F)cc2sc1=O. The van der Waals surface area contributed by atoms with E-state index in [1.807, 2.05) is 0 Å². The van der Waals surface area contributed by atoms with Crippen LogP contribution < -0.4 is 20.1 Å². The summed E-state index contributed by atoms with van der Waals surface area (Å²) in [5, 5.41) is 12.2. The lowest BCUT2D eigenvalue weighted by molar-refractivity contribution is -0.274. The highest BCUT2D eigenvalue weighted by Crippen LogP contribution is 2.37. The van der Waals surface area contributed by atoms with Gasteiger partial charge in [-0.05, 0) is 29.7 Å². The van der Waals surface area contributed by atoms with Crippen molar-refractivity contribution in [3.63, 3.8) is 0 Å². The number of rotatable bonds is 5. The van der Waals surface area contributed by atoms with Gasteiger partial charge in [-0.1, -0.05) is 23.5 Å². The van der Waals surface area contributed by atoms with Crippen molar-refractivity contribution in [2.75, 3.05) is 10.6 Å². The van der Waals surface area contributed by atoms with E-state index in [2.05, 4.69) is 10.1 Å². The van der Waals surface area contributed by atoms with E-state index in [1.54, 1.807) is 0 Å². The lowest BCUT2D eigenvalue weighted by Crippen LogP contribution is -2.24. The van der Waals surface area contributed by atoms with Crippen LogP contribution in [0.2, 0.25) is 0 Å². The van der Waals surface area contributed by atoms with E-state index in [1.165, 1.54) is 24.3 Å². The average molecular weight is 492 g/mol. The number of amides is 1. The third kappa shape index (κ3) is 5.91. The number of benzene rings is 2. The fourth-order valence-corrected chi connectivity index (χ4v) is 3.60. The summed E-state index contributed by atoms with van der Waals surface area (Å²) in [5.74, 6) is -3.65. The van der Waals surface area contributed by atoms with Crippen molar-refractivity contribution in [3.05, 3.63) is 63.1 Å². The Morgan fingerprint density at radius 1 is 0.939 bits per heavy atom. The molecule has 14 heteroatoms. The number of anilines is 2. The Kier molecular flexibility index (Phi) is 6.22. The molecule has 1 aromatic heterocycles. The first-order valence-electron chi connectivity index (χ1n) is 8.60. The number of carboxylic acids is 1. The van der Waals surface area contributed by atoms with Crippen LogP contribution in [-0.2, 0) is 0 Å². The predicted molar refractivity (Wildman–Crippen MR) is 106 cm³/mol. The molecule has 0 saturated carbocycles. The van der Waals surface area contributed by atoms with Crippen LogP contribution in [0, 0.1) is 0 Å². The largest absolute Gasteiger partial charge is 0.573 e. The van der Waals surface area contributed by atoms with Crippen LogP contribution in [0.1, 0.15) is 20.7 Å². The van der Waals surface area contributed by atoms with E-state index in [0.717, 1.165) is 11.4 Å². The Bertz CT molecular complexity index is 1300. The molecule has 0 aliphatic heterocycles. The van der Waals surface area contributed by atoms with Gasteiger partial charge in [-0.15, -0.1) is 13.2 Å². The van der Waals surface area contributed by atoms with Crippen LogP contribution in [0.25, 0.3) is 10.1 Å². The van der Waals surface area contributed by atoms with Crippen LogP contribution in [0.15, 0.2) is 47.3 Å². The van der Waals surface area contributed by atoms with Gasteiger partial charge in [0.25, 0.3) is 5.91 Å². The minimum Gasteiger partial charge on any atom is -0.478 e. The second-order valence-corrected chi connectivity index (χ2v) is 7.32. The monoisotopic (exact) mass is 492 g/mol. The van der Waals surface area contributed by atoms with Gasteiger partial charge in [0.2, 0.25) is 4.74 Å². The number of carbonyl (C=O) groups is 2. The summed E-state index contributed by atoms with van der Waals surface area (Å²) in [6.45, 7) is 0. The third-order valence-electron chi connectivity index (χ3n) is 3.99. The summed E-state index contributed by atoms with van der Waals surface area (Å²) in [5.41, 5.74) is -2.09. The first-order chi connectivity index (χ1) is 15.2. The van der Waals surface area contributed by atoms with E-state index in [4.69, 9.17) is 0 Å². The van der Waals surface area contributed by atoms with Crippen LogP contribution in [0.3, 0.4) is 0 Å². The molecule has 0 saturated heterocycles. The molecule has 3 N–H and O–H groups in total. The number of alkyl halides is 6. The Morgan fingerprint density at radius 3 is 2.21 bits per heavy atom. The molecule has 7 nitrogen and oxygen atoms in total. The van der Waals surface area contributed by atoms with Crippen LogP contribution in [0.5, 0.6) is 5.75 Å². The van der Waals surface area contributed by atoms with Gasteiger partial charge < -0.3 is 15.2 Å². The molecule has 0 unspecified atom stereocenters. The highest BCUT2D eigenvalue weighted by atomic mass is 32.1. The van der Waals surface area contributed by atoms with Gasteiger partial charge in [0, 0.05) is 10.8 Å². The zero-order valence-corrected chi connectivity index (χ0v) is 16.6. The van der Waals surface area contributed by atoms with Gasteiger partial charge in [-0.25, -0.2) is 4.79 Å². The standard InChI is InChI=1S/C19H10F6N2O5S/c20-18(21,22)27-12-6-8-5-10(15(28)26-11-4-2-1-3-9(11)16(29)30)17(31)33-14(8)7-13(12)32-19(23,24)25/h1-7,27H,(H,26,28)(H,29,30). The maximum absolute atomic E-state index is 12.8. The number of carbonyl (C=O) groups excluding carboxylic acids is 1.